The summed E-state index contributed by atoms with van der Waals surface area (Å²) in [6.45, 7) is 3.50. The van der Waals surface area contributed by atoms with Crippen molar-refractivity contribution in [2.45, 2.75) is 38.5 Å². The lowest BCUT2D eigenvalue weighted by atomic mass is 10.1. The van der Waals surface area contributed by atoms with Crippen molar-refractivity contribution in [2.75, 3.05) is 19.0 Å². The van der Waals surface area contributed by atoms with Gasteiger partial charge in [0.1, 0.15) is 16.6 Å². The van der Waals surface area contributed by atoms with Gasteiger partial charge in [-0.05, 0) is 44.5 Å². The number of carbonyl (C=O) groups is 1. The Morgan fingerprint density at radius 3 is 2.71 bits per heavy atom. The summed E-state index contributed by atoms with van der Waals surface area (Å²) in [6, 6.07) is 3.84. The molecular weight excluding hydrogens is 491 g/mol. The zero-order valence-electron chi connectivity index (χ0n) is 18.3. The largest absolute Gasteiger partial charge is 0.497 e. The number of likely N-dealkylation sites (tertiary alicyclic amines) is 1. The lowest BCUT2D eigenvalue weighted by Crippen LogP contribution is -2.25. The highest BCUT2D eigenvalue weighted by Gasteiger charge is 2.32. The minimum Gasteiger partial charge on any atom is -0.497 e. The lowest BCUT2D eigenvalue weighted by molar-refractivity contribution is -0.137. The maximum Gasteiger partial charge on any atom is 0.416 e. The van der Waals surface area contributed by atoms with E-state index in [4.69, 9.17) is 16.3 Å². The van der Waals surface area contributed by atoms with Gasteiger partial charge in [-0.2, -0.15) is 13.2 Å². The second-order valence-electron chi connectivity index (χ2n) is 7.88. The molecule has 7 nitrogen and oxygen atoms in total. The fourth-order valence-electron chi connectivity index (χ4n) is 3.76. The summed E-state index contributed by atoms with van der Waals surface area (Å²) in [4.78, 5) is 27.9. The molecule has 2 aromatic heterocycles. The molecule has 180 valence electrons. The van der Waals surface area contributed by atoms with Gasteiger partial charge >= 0.3 is 6.18 Å². The summed E-state index contributed by atoms with van der Waals surface area (Å²) in [5, 5.41) is 3.06. The number of anilines is 1. The Kier molecular flexibility index (Phi) is 7.06. The van der Waals surface area contributed by atoms with Crippen molar-refractivity contribution in [1.29, 1.82) is 0 Å². The molecule has 1 atom stereocenters. The Bertz CT molecular complexity index is 1190. The van der Waals surface area contributed by atoms with Crippen LogP contribution in [0.5, 0.6) is 5.75 Å². The van der Waals surface area contributed by atoms with Gasteiger partial charge in [-0.1, -0.05) is 22.9 Å². The number of nitrogens with zero attached hydrogens (tertiary/aromatic N) is 4. The molecular formula is C22H21ClF3N5O2S. The fraction of sp³-hybridized carbons (Fsp3) is 0.364. The molecule has 1 aliphatic heterocycles. The number of thiazole rings is 1. The minimum atomic E-state index is -4.55. The summed E-state index contributed by atoms with van der Waals surface area (Å²) >= 11 is 6.94. The van der Waals surface area contributed by atoms with E-state index in [9.17, 15) is 18.0 Å². The van der Waals surface area contributed by atoms with Gasteiger partial charge in [0.15, 0.2) is 5.13 Å². The van der Waals surface area contributed by atoms with Crippen LogP contribution in [0, 0.1) is 0 Å². The van der Waals surface area contributed by atoms with E-state index in [2.05, 4.69) is 32.1 Å². The maximum atomic E-state index is 13.5. The standard InChI is InChI=1S/C22H21ClF3N5O2S/c1-12-4-3-5-31(12)11-17-19(13-6-14(22(24,25)26)8-15(7-13)33-2)29-21(34-17)30-20(32)16-9-28-18(23)10-27-16/h6-10,12H,3-5,11H2,1-2H3,(H,29,30,32). The smallest absolute Gasteiger partial charge is 0.416 e. The van der Waals surface area contributed by atoms with Crippen molar-refractivity contribution in [1.82, 2.24) is 19.9 Å². The first kappa shape index (κ1) is 24.4. The van der Waals surface area contributed by atoms with Gasteiger partial charge in [0.05, 0.1) is 30.8 Å². The number of nitrogens with one attached hydrogen (secondary N) is 1. The Hall–Kier alpha value is -2.76. The molecule has 0 saturated carbocycles. The Labute approximate surface area is 203 Å². The van der Waals surface area contributed by atoms with Gasteiger partial charge in [-0.3, -0.25) is 15.0 Å². The van der Waals surface area contributed by atoms with Crippen molar-refractivity contribution in [3.63, 3.8) is 0 Å². The van der Waals surface area contributed by atoms with E-state index in [0.29, 0.717) is 18.3 Å². The third-order valence-corrected chi connectivity index (χ3v) is 6.70. The summed E-state index contributed by atoms with van der Waals surface area (Å²) in [5.74, 6) is -0.479. The average Bonchev–Trinajstić information content (AvgIpc) is 3.39. The van der Waals surface area contributed by atoms with Crippen LogP contribution < -0.4 is 10.1 Å². The molecule has 1 aromatic carbocycles. The van der Waals surface area contributed by atoms with E-state index >= 15 is 0 Å². The predicted octanol–water partition coefficient (Wildman–Crippen LogP) is 5.52. The number of amides is 1. The first-order valence-corrected chi connectivity index (χ1v) is 11.6. The number of benzene rings is 1. The number of ether oxygens (including phenoxy) is 1. The molecule has 1 fully saturated rings. The number of carbonyl (C=O) groups excluding carboxylic acids is 1. The second kappa shape index (κ2) is 9.85. The van der Waals surface area contributed by atoms with Crippen LogP contribution in [0.15, 0.2) is 30.6 Å². The van der Waals surface area contributed by atoms with Crippen LogP contribution in [-0.4, -0.2) is 45.5 Å². The Morgan fingerprint density at radius 2 is 2.09 bits per heavy atom. The molecule has 0 radical (unpaired) electrons. The molecule has 3 aromatic rings. The van der Waals surface area contributed by atoms with Crippen molar-refractivity contribution in [3.05, 3.63) is 51.9 Å². The number of aromatic nitrogens is 3. The van der Waals surface area contributed by atoms with Gasteiger partial charge in [-0.15, -0.1) is 0 Å². The quantitative estimate of drug-likeness (QED) is 0.469. The first-order valence-electron chi connectivity index (χ1n) is 10.4. The Morgan fingerprint density at radius 1 is 1.29 bits per heavy atom. The highest BCUT2D eigenvalue weighted by molar-refractivity contribution is 7.16. The van der Waals surface area contributed by atoms with Crippen LogP contribution in [0.25, 0.3) is 11.3 Å². The zero-order chi connectivity index (χ0) is 24.5. The molecule has 1 amide bonds. The summed E-state index contributed by atoms with van der Waals surface area (Å²) < 4.78 is 45.6. The molecule has 0 aliphatic carbocycles. The van der Waals surface area contributed by atoms with Crippen LogP contribution >= 0.6 is 22.9 Å². The number of hydrogen-bond acceptors (Lipinski definition) is 7. The highest BCUT2D eigenvalue weighted by Crippen LogP contribution is 2.39. The molecule has 0 spiro atoms. The van der Waals surface area contributed by atoms with Crippen molar-refractivity contribution in [3.8, 4) is 17.0 Å². The predicted molar refractivity (Wildman–Crippen MR) is 123 cm³/mol. The third-order valence-electron chi connectivity index (χ3n) is 5.55. The fourth-order valence-corrected chi connectivity index (χ4v) is 4.86. The molecule has 12 heteroatoms. The molecule has 34 heavy (non-hydrogen) atoms. The molecule has 1 unspecified atom stereocenters. The summed E-state index contributed by atoms with van der Waals surface area (Å²) in [5.41, 5.74) is -0.170. The van der Waals surface area contributed by atoms with E-state index in [1.165, 1.54) is 36.9 Å². The lowest BCUT2D eigenvalue weighted by Gasteiger charge is -2.20. The van der Waals surface area contributed by atoms with Crippen LogP contribution in [0.3, 0.4) is 0 Å². The normalized spacial score (nSPS) is 16.6. The van der Waals surface area contributed by atoms with Crippen LogP contribution in [-0.2, 0) is 12.7 Å². The topological polar surface area (TPSA) is 80.2 Å². The van der Waals surface area contributed by atoms with E-state index in [-0.39, 0.29) is 27.3 Å². The van der Waals surface area contributed by atoms with Crippen molar-refractivity contribution < 1.29 is 22.7 Å². The first-order chi connectivity index (χ1) is 16.1. The van der Waals surface area contributed by atoms with E-state index in [0.717, 1.165) is 36.4 Å². The van der Waals surface area contributed by atoms with E-state index in [1.54, 1.807) is 0 Å². The van der Waals surface area contributed by atoms with E-state index in [1.807, 2.05) is 0 Å². The molecule has 3 heterocycles. The summed E-state index contributed by atoms with van der Waals surface area (Å²) in [6.07, 6.45) is 0.0264. The van der Waals surface area contributed by atoms with E-state index < -0.39 is 17.6 Å². The van der Waals surface area contributed by atoms with Gasteiger partial charge < -0.3 is 4.74 Å². The summed E-state index contributed by atoms with van der Waals surface area (Å²) in [7, 11) is 1.31. The molecule has 1 N–H and O–H groups in total. The molecule has 1 saturated heterocycles. The van der Waals surface area contributed by atoms with Crippen LogP contribution in [0.2, 0.25) is 5.15 Å². The monoisotopic (exact) mass is 511 g/mol. The SMILES string of the molecule is COc1cc(-c2nc(NC(=O)c3cnc(Cl)cn3)sc2CN2CCCC2C)cc(C(F)(F)F)c1. The van der Waals surface area contributed by atoms with Gasteiger partial charge in [0.2, 0.25) is 0 Å². The van der Waals surface area contributed by atoms with Gasteiger partial charge in [-0.25, -0.2) is 15.0 Å². The minimum absolute atomic E-state index is 0.0385. The van der Waals surface area contributed by atoms with Crippen LogP contribution in [0.4, 0.5) is 18.3 Å². The number of alkyl halides is 3. The highest BCUT2D eigenvalue weighted by atomic mass is 35.5. The number of rotatable bonds is 6. The second-order valence-corrected chi connectivity index (χ2v) is 9.35. The molecule has 0 bridgehead atoms. The van der Waals surface area contributed by atoms with Gasteiger partial charge in [0, 0.05) is 23.0 Å². The number of methoxy groups -OCH3 is 1. The third kappa shape index (κ3) is 5.48. The maximum absolute atomic E-state index is 13.5. The number of hydrogen-bond donors (Lipinski definition) is 1. The average molecular weight is 512 g/mol. The van der Waals surface area contributed by atoms with Crippen molar-refractivity contribution >= 4 is 34.0 Å². The number of halogens is 4. The van der Waals surface area contributed by atoms with Crippen molar-refractivity contribution in [2.24, 2.45) is 0 Å². The molecule has 4 rings (SSSR count). The van der Waals surface area contributed by atoms with Gasteiger partial charge in [0.25, 0.3) is 5.91 Å². The van der Waals surface area contributed by atoms with Crippen LogP contribution in [0.1, 0.15) is 40.7 Å². The zero-order valence-corrected chi connectivity index (χ0v) is 19.9. The molecule has 1 aliphatic rings. The Balaban J connectivity index is 1.72.